The van der Waals surface area contributed by atoms with E-state index in [4.69, 9.17) is 5.73 Å². The van der Waals surface area contributed by atoms with Crippen molar-refractivity contribution >= 4 is 21.7 Å². The molecule has 94 valence electrons. The summed E-state index contributed by atoms with van der Waals surface area (Å²) in [7, 11) is 0. The average molecular weight is 302 g/mol. The van der Waals surface area contributed by atoms with Crippen LogP contribution in [0.3, 0.4) is 0 Å². The van der Waals surface area contributed by atoms with Gasteiger partial charge in [0.05, 0.1) is 0 Å². The second-order valence-electron chi connectivity index (χ2n) is 4.38. The van der Waals surface area contributed by atoms with Crippen molar-refractivity contribution in [1.29, 1.82) is 0 Å². The van der Waals surface area contributed by atoms with Gasteiger partial charge in [-0.2, -0.15) is 0 Å². The molecular weight excluding hydrogens is 285 g/mol. The highest BCUT2D eigenvalue weighted by molar-refractivity contribution is 9.10. The number of hydrogen-bond donors (Lipinski definition) is 1. The Morgan fingerprint density at radius 1 is 1.59 bits per heavy atom. The third kappa shape index (κ3) is 2.96. The molecule has 2 rings (SSSR count). The lowest BCUT2D eigenvalue weighted by Crippen LogP contribution is -2.31. The van der Waals surface area contributed by atoms with Crippen molar-refractivity contribution in [1.82, 2.24) is 4.98 Å². The maximum Gasteiger partial charge on any atom is 0.166 e. The molecule has 1 aliphatic heterocycles. The number of nitrogens with two attached hydrogens (primary N) is 1. The highest BCUT2D eigenvalue weighted by atomic mass is 79.9. The molecule has 0 aliphatic carbocycles. The van der Waals surface area contributed by atoms with Crippen molar-refractivity contribution in [3.8, 4) is 0 Å². The molecule has 0 radical (unpaired) electrons. The number of rotatable bonds is 4. The zero-order chi connectivity index (χ0) is 12.3. The van der Waals surface area contributed by atoms with Gasteiger partial charge in [0.25, 0.3) is 0 Å². The van der Waals surface area contributed by atoms with Gasteiger partial charge in [0.1, 0.15) is 0 Å². The van der Waals surface area contributed by atoms with E-state index in [0.717, 1.165) is 32.2 Å². The van der Waals surface area contributed by atoms with E-state index < -0.39 is 0 Å². The van der Waals surface area contributed by atoms with E-state index in [2.05, 4.69) is 25.8 Å². The Balaban J connectivity index is 2.14. The van der Waals surface area contributed by atoms with Crippen molar-refractivity contribution in [2.75, 3.05) is 18.0 Å². The van der Waals surface area contributed by atoms with Gasteiger partial charge in [0.15, 0.2) is 11.6 Å². The molecule has 2 heterocycles. The van der Waals surface area contributed by atoms with Crippen LogP contribution in [0.1, 0.15) is 25.7 Å². The largest absolute Gasteiger partial charge is 0.351 e. The molecule has 1 fully saturated rings. The summed E-state index contributed by atoms with van der Waals surface area (Å²) in [5.74, 6) is 0.228. The Morgan fingerprint density at radius 3 is 3.12 bits per heavy atom. The number of nitrogens with zero attached hydrogens (tertiary/aromatic N) is 2. The second-order valence-corrected chi connectivity index (χ2v) is 5.29. The standard InChI is InChI=1S/C12H17BrFN3/c13-9-7-11(14)12(16-8-9)17-6-2-4-10(17)3-1-5-15/h7-8,10H,1-6,15H2. The zero-order valence-corrected chi connectivity index (χ0v) is 11.3. The van der Waals surface area contributed by atoms with Crippen molar-refractivity contribution in [2.45, 2.75) is 31.7 Å². The molecule has 17 heavy (non-hydrogen) atoms. The maximum absolute atomic E-state index is 13.8. The van der Waals surface area contributed by atoms with Gasteiger partial charge in [-0.25, -0.2) is 9.37 Å². The lowest BCUT2D eigenvalue weighted by atomic mass is 10.1. The molecule has 1 atom stereocenters. The van der Waals surface area contributed by atoms with Crippen molar-refractivity contribution in [3.05, 3.63) is 22.6 Å². The minimum Gasteiger partial charge on any atom is -0.351 e. The first-order valence-electron chi connectivity index (χ1n) is 6.00. The average Bonchev–Trinajstić information content (AvgIpc) is 2.74. The lowest BCUT2D eigenvalue weighted by molar-refractivity contribution is 0.560. The molecule has 0 saturated carbocycles. The van der Waals surface area contributed by atoms with Crippen LogP contribution in [0.5, 0.6) is 0 Å². The molecule has 0 amide bonds. The molecule has 1 aromatic heterocycles. The summed E-state index contributed by atoms with van der Waals surface area (Å²) in [6.07, 6.45) is 5.87. The minimum atomic E-state index is -0.251. The van der Waals surface area contributed by atoms with Gasteiger partial charge >= 0.3 is 0 Å². The van der Waals surface area contributed by atoms with Crippen LogP contribution in [0.2, 0.25) is 0 Å². The van der Waals surface area contributed by atoms with Crippen LogP contribution in [-0.2, 0) is 0 Å². The smallest absolute Gasteiger partial charge is 0.166 e. The van der Waals surface area contributed by atoms with Gasteiger partial charge in [-0.05, 0) is 54.2 Å². The van der Waals surface area contributed by atoms with Crippen LogP contribution < -0.4 is 10.6 Å². The molecule has 1 aromatic rings. The van der Waals surface area contributed by atoms with Crippen LogP contribution in [0.4, 0.5) is 10.2 Å². The number of hydrogen-bond acceptors (Lipinski definition) is 3. The van der Waals surface area contributed by atoms with Gasteiger partial charge in [-0.1, -0.05) is 0 Å². The predicted octanol–water partition coefficient (Wildman–Crippen LogP) is 2.69. The SMILES string of the molecule is NCCCC1CCCN1c1ncc(Br)cc1F. The van der Waals surface area contributed by atoms with Crippen molar-refractivity contribution in [3.63, 3.8) is 0 Å². The first-order chi connectivity index (χ1) is 8.22. The van der Waals surface area contributed by atoms with Crippen LogP contribution in [0.15, 0.2) is 16.7 Å². The molecule has 1 unspecified atom stereocenters. The Bertz CT molecular complexity index is 386. The van der Waals surface area contributed by atoms with E-state index in [0.29, 0.717) is 22.9 Å². The molecule has 0 aromatic carbocycles. The number of pyridine rings is 1. The summed E-state index contributed by atoms with van der Waals surface area (Å²) < 4.78 is 14.5. The van der Waals surface area contributed by atoms with Crippen LogP contribution in [-0.4, -0.2) is 24.1 Å². The quantitative estimate of drug-likeness (QED) is 0.930. The summed E-state index contributed by atoms with van der Waals surface area (Å²) in [4.78, 5) is 6.27. The molecule has 2 N–H and O–H groups in total. The Kier molecular flexibility index (Phi) is 4.34. The van der Waals surface area contributed by atoms with E-state index in [1.54, 1.807) is 6.20 Å². The van der Waals surface area contributed by atoms with Crippen LogP contribution in [0, 0.1) is 5.82 Å². The van der Waals surface area contributed by atoms with E-state index in [1.807, 2.05) is 0 Å². The fraction of sp³-hybridized carbons (Fsp3) is 0.583. The molecule has 3 nitrogen and oxygen atoms in total. The first-order valence-corrected chi connectivity index (χ1v) is 6.79. The number of halogens is 2. The van der Waals surface area contributed by atoms with Gasteiger partial charge in [-0.3, -0.25) is 0 Å². The topological polar surface area (TPSA) is 42.1 Å². The Hall–Kier alpha value is -0.680. The van der Waals surface area contributed by atoms with E-state index in [1.165, 1.54) is 6.07 Å². The highest BCUT2D eigenvalue weighted by Gasteiger charge is 2.27. The normalized spacial score (nSPS) is 19.9. The molecule has 1 saturated heterocycles. The van der Waals surface area contributed by atoms with Crippen molar-refractivity contribution in [2.24, 2.45) is 5.73 Å². The second kappa shape index (κ2) is 5.78. The number of aromatic nitrogens is 1. The van der Waals surface area contributed by atoms with Gasteiger partial charge in [0.2, 0.25) is 0 Å². The molecule has 0 bridgehead atoms. The monoisotopic (exact) mass is 301 g/mol. The van der Waals surface area contributed by atoms with E-state index in [9.17, 15) is 4.39 Å². The summed E-state index contributed by atoms with van der Waals surface area (Å²) in [6, 6.07) is 1.86. The minimum absolute atomic E-state index is 0.251. The lowest BCUT2D eigenvalue weighted by Gasteiger charge is -2.26. The van der Waals surface area contributed by atoms with Gasteiger partial charge < -0.3 is 10.6 Å². The van der Waals surface area contributed by atoms with Gasteiger partial charge in [-0.15, -0.1) is 0 Å². The maximum atomic E-state index is 13.8. The highest BCUT2D eigenvalue weighted by Crippen LogP contribution is 2.29. The molecular formula is C12H17BrFN3. The fourth-order valence-corrected chi connectivity index (χ4v) is 2.69. The molecule has 5 heteroatoms. The van der Waals surface area contributed by atoms with Crippen LogP contribution in [0.25, 0.3) is 0 Å². The number of anilines is 1. The molecule has 0 spiro atoms. The third-order valence-electron chi connectivity index (χ3n) is 3.18. The summed E-state index contributed by atoms with van der Waals surface area (Å²) in [6.45, 7) is 1.58. The summed E-state index contributed by atoms with van der Waals surface area (Å²) >= 11 is 3.22. The summed E-state index contributed by atoms with van der Waals surface area (Å²) in [5, 5.41) is 0. The molecule has 1 aliphatic rings. The summed E-state index contributed by atoms with van der Waals surface area (Å²) in [5.41, 5.74) is 5.53. The zero-order valence-electron chi connectivity index (χ0n) is 9.70. The predicted molar refractivity (Wildman–Crippen MR) is 70.6 cm³/mol. The van der Waals surface area contributed by atoms with Crippen molar-refractivity contribution < 1.29 is 4.39 Å². The Morgan fingerprint density at radius 2 is 2.41 bits per heavy atom. The van der Waals surface area contributed by atoms with Crippen LogP contribution >= 0.6 is 15.9 Å². The van der Waals surface area contributed by atoms with Gasteiger partial charge in [0, 0.05) is 23.3 Å². The Labute approximate surface area is 109 Å². The fourth-order valence-electron chi connectivity index (χ4n) is 2.39. The van der Waals surface area contributed by atoms with E-state index in [-0.39, 0.29) is 5.82 Å². The first kappa shape index (κ1) is 12.8. The van der Waals surface area contributed by atoms with E-state index >= 15 is 0 Å². The third-order valence-corrected chi connectivity index (χ3v) is 3.61.